The molecule has 1 aromatic carbocycles. The smallest absolute Gasteiger partial charge is 0.342 e. The molecule has 0 saturated carbocycles. The van der Waals surface area contributed by atoms with Gasteiger partial charge in [-0.05, 0) is 13.8 Å². The number of nitro groups is 1. The number of aromatic hydroxyl groups is 1. The molecule has 1 rings (SSSR count). The summed E-state index contributed by atoms with van der Waals surface area (Å²) in [5.41, 5.74) is 4.95. The number of rotatable bonds is 5. The van der Waals surface area contributed by atoms with Crippen LogP contribution >= 0.6 is 0 Å². The molecular formula is C12H15FN2O5. The highest BCUT2D eigenvalue weighted by molar-refractivity contribution is 5.76. The summed E-state index contributed by atoms with van der Waals surface area (Å²) in [6.45, 7) is 2.90. The van der Waals surface area contributed by atoms with Gasteiger partial charge in [0.2, 0.25) is 6.17 Å². The molecule has 3 N–H and O–H groups in total. The van der Waals surface area contributed by atoms with E-state index in [1.54, 1.807) is 0 Å². The lowest BCUT2D eigenvalue weighted by atomic mass is 9.99. The van der Waals surface area contributed by atoms with E-state index in [0.717, 1.165) is 0 Å². The Hall–Kier alpha value is -2.22. The van der Waals surface area contributed by atoms with Gasteiger partial charge < -0.3 is 15.6 Å². The van der Waals surface area contributed by atoms with Crippen LogP contribution in [0.4, 0.5) is 10.1 Å². The number of phenolic OH excluding ortho intramolecular Hbond substituents is 1. The molecule has 7 nitrogen and oxygen atoms in total. The molecule has 8 heteroatoms. The molecular weight excluding hydrogens is 271 g/mol. The summed E-state index contributed by atoms with van der Waals surface area (Å²) in [6, 6.07) is 1.02. The molecule has 0 fully saturated rings. The van der Waals surface area contributed by atoms with E-state index in [1.165, 1.54) is 26.0 Å². The summed E-state index contributed by atoms with van der Waals surface area (Å²) in [5.74, 6) is -1.92. The van der Waals surface area contributed by atoms with Crippen LogP contribution in [0.5, 0.6) is 5.75 Å². The molecule has 2 atom stereocenters. The van der Waals surface area contributed by atoms with Crippen molar-refractivity contribution in [3.05, 3.63) is 33.4 Å². The van der Waals surface area contributed by atoms with Crippen LogP contribution in [0.1, 0.15) is 24.1 Å². The summed E-state index contributed by atoms with van der Waals surface area (Å²) in [5, 5.41) is 20.7. The lowest BCUT2D eigenvalue weighted by Gasteiger charge is -2.17. The lowest BCUT2D eigenvalue weighted by Crippen LogP contribution is -2.31. The van der Waals surface area contributed by atoms with Gasteiger partial charge >= 0.3 is 11.7 Å². The Morgan fingerprint density at radius 2 is 2.20 bits per heavy atom. The number of nitro benzene ring substituents is 1. The number of aryl methyl sites for hydroxylation is 1. The van der Waals surface area contributed by atoms with Crippen LogP contribution in [-0.4, -0.2) is 28.8 Å². The van der Waals surface area contributed by atoms with E-state index in [0.29, 0.717) is 0 Å². The Bertz CT molecular complexity index is 535. The maximum atomic E-state index is 13.8. The standard InChI is InChI=1S/C12H15FN2O5/c1-3-20-12(17)8(13)9(14)7-5-4-6(2)10(11(7)16)15(18)19/h4-5,8-9,16H,3,14H2,1-2H3/t8?,9-/m1/s1. The Balaban J connectivity index is 3.17. The van der Waals surface area contributed by atoms with Crippen LogP contribution in [-0.2, 0) is 9.53 Å². The average molecular weight is 286 g/mol. The van der Waals surface area contributed by atoms with Crippen molar-refractivity contribution < 1.29 is 24.0 Å². The second-order valence-corrected chi connectivity index (χ2v) is 4.11. The SMILES string of the molecule is CCOC(=O)C(F)[C@H](N)c1ccc(C)c([N+](=O)[O-])c1O. The zero-order valence-corrected chi connectivity index (χ0v) is 11.0. The first-order chi connectivity index (χ1) is 9.31. The van der Waals surface area contributed by atoms with Crippen molar-refractivity contribution in [1.82, 2.24) is 0 Å². The van der Waals surface area contributed by atoms with Crippen molar-refractivity contribution in [3.63, 3.8) is 0 Å². The number of esters is 1. The minimum atomic E-state index is -2.22. The number of phenols is 1. The van der Waals surface area contributed by atoms with Crippen molar-refractivity contribution in [2.24, 2.45) is 5.73 Å². The Kier molecular flexibility index (Phi) is 4.98. The number of ether oxygens (including phenoxy) is 1. The van der Waals surface area contributed by atoms with Gasteiger partial charge in [-0.3, -0.25) is 10.1 Å². The average Bonchev–Trinajstić information content (AvgIpc) is 2.37. The van der Waals surface area contributed by atoms with E-state index < -0.39 is 34.5 Å². The number of carbonyl (C=O) groups excluding carboxylic acids is 1. The third-order valence-corrected chi connectivity index (χ3v) is 2.75. The monoisotopic (exact) mass is 286 g/mol. The molecule has 0 bridgehead atoms. The molecule has 0 aliphatic rings. The number of hydrogen-bond acceptors (Lipinski definition) is 6. The van der Waals surface area contributed by atoms with Gasteiger partial charge in [0.1, 0.15) is 0 Å². The summed E-state index contributed by atoms with van der Waals surface area (Å²) in [7, 11) is 0. The van der Waals surface area contributed by atoms with E-state index in [9.17, 15) is 24.4 Å². The number of alkyl halides is 1. The van der Waals surface area contributed by atoms with Crippen molar-refractivity contribution >= 4 is 11.7 Å². The molecule has 0 amide bonds. The predicted octanol–water partition coefficient (Wildman–Crippen LogP) is 1.51. The van der Waals surface area contributed by atoms with Crippen molar-refractivity contribution in [1.29, 1.82) is 0 Å². The van der Waals surface area contributed by atoms with Crippen LogP contribution in [0.2, 0.25) is 0 Å². The van der Waals surface area contributed by atoms with Gasteiger partial charge in [0.25, 0.3) is 0 Å². The molecule has 20 heavy (non-hydrogen) atoms. The van der Waals surface area contributed by atoms with Gasteiger partial charge in [0.05, 0.1) is 17.6 Å². The van der Waals surface area contributed by atoms with Gasteiger partial charge in [-0.2, -0.15) is 0 Å². The van der Waals surface area contributed by atoms with Crippen molar-refractivity contribution in [2.75, 3.05) is 6.61 Å². The summed E-state index contributed by atoms with van der Waals surface area (Å²) >= 11 is 0. The fourth-order valence-corrected chi connectivity index (χ4v) is 1.72. The zero-order valence-electron chi connectivity index (χ0n) is 11.0. The normalized spacial score (nSPS) is 13.6. The largest absolute Gasteiger partial charge is 0.502 e. The topological polar surface area (TPSA) is 116 Å². The number of hydrogen-bond donors (Lipinski definition) is 2. The summed E-state index contributed by atoms with van der Waals surface area (Å²) in [4.78, 5) is 21.3. The minimum absolute atomic E-state index is 0.0218. The van der Waals surface area contributed by atoms with Gasteiger partial charge in [0, 0.05) is 11.1 Å². The third kappa shape index (κ3) is 3.02. The molecule has 1 aromatic rings. The van der Waals surface area contributed by atoms with Crippen LogP contribution in [0, 0.1) is 17.0 Å². The van der Waals surface area contributed by atoms with Crippen molar-refractivity contribution in [3.8, 4) is 5.75 Å². The fraction of sp³-hybridized carbons (Fsp3) is 0.417. The first-order valence-electron chi connectivity index (χ1n) is 5.84. The molecule has 0 heterocycles. The molecule has 110 valence electrons. The maximum Gasteiger partial charge on any atom is 0.342 e. The predicted molar refractivity (Wildman–Crippen MR) is 68.0 cm³/mol. The Morgan fingerprint density at radius 3 is 2.70 bits per heavy atom. The number of nitrogens with zero attached hydrogens (tertiary/aromatic N) is 1. The van der Waals surface area contributed by atoms with Gasteiger partial charge in [-0.25, -0.2) is 9.18 Å². The quantitative estimate of drug-likeness (QED) is 0.481. The van der Waals surface area contributed by atoms with E-state index in [-0.39, 0.29) is 17.7 Å². The number of benzene rings is 1. The molecule has 1 unspecified atom stereocenters. The molecule has 0 saturated heterocycles. The molecule has 0 aliphatic carbocycles. The molecule has 0 spiro atoms. The van der Waals surface area contributed by atoms with Crippen LogP contribution in [0.15, 0.2) is 12.1 Å². The molecule has 0 radical (unpaired) electrons. The maximum absolute atomic E-state index is 13.8. The van der Waals surface area contributed by atoms with E-state index in [4.69, 9.17) is 5.73 Å². The second-order valence-electron chi connectivity index (χ2n) is 4.11. The van der Waals surface area contributed by atoms with E-state index in [2.05, 4.69) is 4.74 Å². The van der Waals surface area contributed by atoms with Crippen LogP contribution in [0.25, 0.3) is 0 Å². The Labute approximate surface area is 114 Å². The van der Waals surface area contributed by atoms with Gasteiger partial charge in [-0.15, -0.1) is 0 Å². The van der Waals surface area contributed by atoms with Gasteiger partial charge in [-0.1, -0.05) is 12.1 Å². The molecule has 0 aliphatic heterocycles. The Morgan fingerprint density at radius 1 is 1.60 bits per heavy atom. The lowest BCUT2D eigenvalue weighted by molar-refractivity contribution is -0.386. The minimum Gasteiger partial charge on any atom is -0.502 e. The highest BCUT2D eigenvalue weighted by Gasteiger charge is 2.32. The molecule has 0 aromatic heterocycles. The van der Waals surface area contributed by atoms with Crippen molar-refractivity contribution in [2.45, 2.75) is 26.1 Å². The third-order valence-electron chi connectivity index (χ3n) is 2.75. The van der Waals surface area contributed by atoms with E-state index >= 15 is 0 Å². The van der Waals surface area contributed by atoms with E-state index in [1.807, 2.05) is 0 Å². The first kappa shape index (κ1) is 15.8. The highest BCUT2D eigenvalue weighted by atomic mass is 19.1. The number of halogens is 1. The number of carbonyl (C=O) groups is 1. The summed E-state index contributed by atoms with van der Waals surface area (Å²) < 4.78 is 18.3. The number of nitrogens with two attached hydrogens (primary N) is 1. The van der Waals surface area contributed by atoms with Crippen LogP contribution < -0.4 is 5.73 Å². The van der Waals surface area contributed by atoms with Gasteiger partial charge in [0.15, 0.2) is 5.75 Å². The highest BCUT2D eigenvalue weighted by Crippen LogP contribution is 2.37. The summed E-state index contributed by atoms with van der Waals surface area (Å²) in [6.07, 6.45) is -2.22. The van der Waals surface area contributed by atoms with Crippen LogP contribution in [0.3, 0.4) is 0 Å². The first-order valence-corrected chi connectivity index (χ1v) is 5.84. The zero-order chi connectivity index (χ0) is 15.4. The fourth-order valence-electron chi connectivity index (χ4n) is 1.72. The second kappa shape index (κ2) is 6.29.